The Morgan fingerprint density at radius 1 is 1.28 bits per heavy atom. The van der Waals surface area contributed by atoms with Gasteiger partial charge in [-0.25, -0.2) is 0 Å². The van der Waals surface area contributed by atoms with Crippen LogP contribution in [-0.4, -0.2) is 37.2 Å². The number of rotatable bonds is 3. The second-order valence-electron chi connectivity index (χ2n) is 5.53. The third-order valence-electron chi connectivity index (χ3n) is 4.65. The molecule has 1 aromatic rings. The lowest BCUT2D eigenvalue weighted by molar-refractivity contribution is 0.0285. The number of hydrogen-bond donors (Lipinski definition) is 1. The molecule has 0 aromatic heterocycles. The molecule has 3 heteroatoms. The van der Waals surface area contributed by atoms with Crippen molar-refractivity contribution in [1.29, 1.82) is 0 Å². The summed E-state index contributed by atoms with van der Waals surface area (Å²) in [6.07, 6.45) is 3.58. The van der Waals surface area contributed by atoms with Crippen LogP contribution in [-0.2, 0) is 6.42 Å². The standard InChI is InChI=1S/C15H22N2O/c1-18-14-5-3-2-4-12(14)10-13-15(16)11-6-8-17(13)9-7-11/h2-5,11,13,15H,6-10,16H2,1H3. The maximum atomic E-state index is 6.42. The van der Waals surface area contributed by atoms with Gasteiger partial charge in [0.1, 0.15) is 5.75 Å². The number of ether oxygens (including phenoxy) is 1. The largest absolute Gasteiger partial charge is 0.496 e. The van der Waals surface area contributed by atoms with Gasteiger partial charge < -0.3 is 10.5 Å². The maximum Gasteiger partial charge on any atom is 0.122 e. The molecule has 2 N–H and O–H groups in total. The average Bonchev–Trinajstić information content (AvgIpc) is 2.44. The van der Waals surface area contributed by atoms with Crippen molar-refractivity contribution in [3.63, 3.8) is 0 Å². The highest BCUT2D eigenvalue weighted by atomic mass is 16.5. The van der Waals surface area contributed by atoms with Gasteiger partial charge in [0.05, 0.1) is 7.11 Å². The molecular formula is C15H22N2O. The van der Waals surface area contributed by atoms with E-state index in [0.29, 0.717) is 12.1 Å². The summed E-state index contributed by atoms with van der Waals surface area (Å²) in [7, 11) is 1.74. The second kappa shape index (κ2) is 4.90. The molecular weight excluding hydrogens is 224 g/mol. The van der Waals surface area contributed by atoms with E-state index in [1.54, 1.807) is 7.11 Å². The highest BCUT2D eigenvalue weighted by Gasteiger charge is 2.40. The number of benzene rings is 1. The molecule has 3 aliphatic rings. The van der Waals surface area contributed by atoms with Gasteiger partial charge in [0.2, 0.25) is 0 Å². The molecule has 0 spiro atoms. The van der Waals surface area contributed by atoms with Crippen molar-refractivity contribution in [1.82, 2.24) is 4.90 Å². The zero-order valence-electron chi connectivity index (χ0n) is 11.0. The van der Waals surface area contributed by atoms with E-state index in [4.69, 9.17) is 10.5 Å². The number of hydrogen-bond acceptors (Lipinski definition) is 3. The van der Waals surface area contributed by atoms with Crippen molar-refractivity contribution in [3.05, 3.63) is 29.8 Å². The Bertz CT molecular complexity index is 411. The molecule has 3 fully saturated rings. The molecule has 0 amide bonds. The topological polar surface area (TPSA) is 38.5 Å². The molecule has 18 heavy (non-hydrogen) atoms. The van der Waals surface area contributed by atoms with E-state index in [-0.39, 0.29) is 0 Å². The molecule has 0 saturated carbocycles. The lowest BCUT2D eigenvalue weighted by Crippen LogP contribution is -2.61. The first-order valence-corrected chi connectivity index (χ1v) is 6.91. The van der Waals surface area contributed by atoms with Crippen LogP contribution in [0.2, 0.25) is 0 Å². The summed E-state index contributed by atoms with van der Waals surface area (Å²) < 4.78 is 5.44. The second-order valence-corrected chi connectivity index (χ2v) is 5.53. The monoisotopic (exact) mass is 246 g/mol. The fraction of sp³-hybridized carbons (Fsp3) is 0.600. The Morgan fingerprint density at radius 2 is 2.00 bits per heavy atom. The zero-order valence-corrected chi connectivity index (χ0v) is 11.0. The minimum absolute atomic E-state index is 0.331. The van der Waals surface area contributed by atoms with Crippen LogP contribution in [0.3, 0.4) is 0 Å². The van der Waals surface area contributed by atoms with Crippen LogP contribution >= 0.6 is 0 Å². The first kappa shape index (κ1) is 12.0. The van der Waals surface area contributed by atoms with Crippen LogP contribution in [0, 0.1) is 5.92 Å². The van der Waals surface area contributed by atoms with E-state index in [2.05, 4.69) is 17.0 Å². The van der Waals surface area contributed by atoms with Crippen molar-refractivity contribution in [3.8, 4) is 5.75 Å². The fourth-order valence-electron chi connectivity index (χ4n) is 3.56. The van der Waals surface area contributed by atoms with Crippen LogP contribution in [0.1, 0.15) is 18.4 Å². The van der Waals surface area contributed by atoms with Crippen molar-refractivity contribution < 1.29 is 4.74 Å². The molecule has 4 rings (SSSR count). The van der Waals surface area contributed by atoms with E-state index < -0.39 is 0 Å². The van der Waals surface area contributed by atoms with Crippen molar-refractivity contribution in [2.75, 3.05) is 20.2 Å². The van der Waals surface area contributed by atoms with Gasteiger partial charge in [-0.15, -0.1) is 0 Å². The Morgan fingerprint density at radius 3 is 2.67 bits per heavy atom. The Balaban J connectivity index is 1.79. The third kappa shape index (κ3) is 2.02. The quantitative estimate of drug-likeness (QED) is 0.881. The summed E-state index contributed by atoms with van der Waals surface area (Å²) in [5, 5.41) is 0. The lowest BCUT2D eigenvalue weighted by Gasteiger charge is -2.49. The predicted octanol–water partition coefficient (Wildman–Crippen LogP) is 1.66. The maximum absolute atomic E-state index is 6.42. The van der Waals surface area contributed by atoms with Gasteiger partial charge >= 0.3 is 0 Å². The molecule has 0 aliphatic carbocycles. The van der Waals surface area contributed by atoms with Gasteiger partial charge in [0.25, 0.3) is 0 Å². The third-order valence-corrected chi connectivity index (χ3v) is 4.65. The van der Waals surface area contributed by atoms with E-state index >= 15 is 0 Å². The molecule has 2 atom stereocenters. The first-order valence-electron chi connectivity index (χ1n) is 6.91. The molecule has 2 bridgehead atoms. The SMILES string of the molecule is COc1ccccc1CC1C(N)C2CCN1CC2. The van der Waals surface area contributed by atoms with E-state index in [9.17, 15) is 0 Å². The van der Waals surface area contributed by atoms with Crippen molar-refractivity contribution in [2.24, 2.45) is 11.7 Å². The van der Waals surface area contributed by atoms with E-state index in [1.165, 1.54) is 31.5 Å². The Hall–Kier alpha value is -1.06. The number of para-hydroxylation sites is 1. The highest BCUT2D eigenvalue weighted by molar-refractivity contribution is 5.34. The number of fused-ring (bicyclic) bond motifs is 3. The van der Waals surface area contributed by atoms with Crippen LogP contribution in [0.4, 0.5) is 0 Å². The first-order chi connectivity index (χ1) is 8.79. The summed E-state index contributed by atoms with van der Waals surface area (Å²) in [6.45, 7) is 2.44. The number of piperidine rings is 3. The molecule has 2 unspecified atom stereocenters. The Kier molecular flexibility index (Phi) is 3.27. The highest BCUT2D eigenvalue weighted by Crippen LogP contribution is 2.33. The summed E-state index contributed by atoms with van der Waals surface area (Å²) in [5.41, 5.74) is 7.71. The number of nitrogens with two attached hydrogens (primary N) is 1. The average molecular weight is 246 g/mol. The van der Waals surface area contributed by atoms with Gasteiger partial charge in [0, 0.05) is 12.1 Å². The smallest absolute Gasteiger partial charge is 0.122 e. The molecule has 3 saturated heterocycles. The molecule has 3 heterocycles. The van der Waals surface area contributed by atoms with E-state index in [1.807, 2.05) is 12.1 Å². The van der Waals surface area contributed by atoms with Gasteiger partial charge in [-0.3, -0.25) is 4.90 Å². The minimum Gasteiger partial charge on any atom is -0.496 e. The summed E-state index contributed by atoms with van der Waals surface area (Å²) >= 11 is 0. The van der Waals surface area contributed by atoms with Crippen molar-refractivity contribution in [2.45, 2.75) is 31.3 Å². The summed E-state index contributed by atoms with van der Waals surface area (Å²) in [4.78, 5) is 2.57. The number of nitrogens with zero attached hydrogens (tertiary/aromatic N) is 1. The van der Waals surface area contributed by atoms with Gasteiger partial charge in [0.15, 0.2) is 0 Å². The van der Waals surface area contributed by atoms with Gasteiger partial charge in [-0.05, 0) is 49.9 Å². The van der Waals surface area contributed by atoms with Crippen molar-refractivity contribution >= 4 is 0 Å². The summed E-state index contributed by atoms with van der Waals surface area (Å²) in [6, 6.07) is 9.13. The summed E-state index contributed by atoms with van der Waals surface area (Å²) in [5.74, 6) is 1.72. The van der Waals surface area contributed by atoms with Crippen LogP contribution < -0.4 is 10.5 Å². The molecule has 1 aromatic carbocycles. The van der Waals surface area contributed by atoms with Gasteiger partial charge in [-0.2, -0.15) is 0 Å². The minimum atomic E-state index is 0.331. The molecule has 0 radical (unpaired) electrons. The normalized spacial score (nSPS) is 34.6. The van der Waals surface area contributed by atoms with Gasteiger partial charge in [-0.1, -0.05) is 18.2 Å². The number of methoxy groups -OCH3 is 1. The molecule has 3 nitrogen and oxygen atoms in total. The molecule has 98 valence electrons. The zero-order chi connectivity index (χ0) is 12.5. The lowest BCUT2D eigenvalue weighted by atomic mass is 9.77. The molecule has 3 aliphatic heterocycles. The van der Waals surface area contributed by atoms with Crippen LogP contribution in [0.15, 0.2) is 24.3 Å². The van der Waals surface area contributed by atoms with Crippen LogP contribution in [0.5, 0.6) is 5.75 Å². The van der Waals surface area contributed by atoms with E-state index in [0.717, 1.165) is 18.1 Å². The fourth-order valence-corrected chi connectivity index (χ4v) is 3.56. The predicted molar refractivity (Wildman–Crippen MR) is 72.8 cm³/mol. The Labute approximate surface area is 109 Å². The van der Waals surface area contributed by atoms with Crippen LogP contribution in [0.25, 0.3) is 0 Å².